The molecule has 1 unspecified atom stereocenters. The van der Waals surface area contributed by atoms with E-state index in [1.165, 1.54) is 12.8 Å². The molecule has 0 radical (unpaired) electrons. The topological polar surface area (TPSA) is 15.7 Å². The molecule has 1 fully saturated rings. The molecule has 0 N–H and O–H groups in total. The van der Waals surface area contributed by atoms with Gasteiger partial charge in [0.1, 0.15) is 0 Å². The van der Waals surface area contributed by atoms with E-state index in [1.54, 1.807) is 0 Å². The summed E-state index contributed by atoms with van der Waals surface area (Å²) in [7, 11) is 4.32. The summed E-state index contributed by atoms with van der Waals surface area (Å²) in [6.07, 6.45) is 3.11. The molecule has 1 aliphatic heterocycles. The highest BCUT2D eigenvalue weighted by atomic mass is 16.5. The number of morpholine rings is 1. The fourth-order valence-corrected chi connectivity index (χ4v) is 1.90. The van der Waals surface area contributed by atoms with Crippen molar-refractivity contribution in [2.45, 2.75) is 25.9 Å². The van der Waals surface area contributed by atoms with E-state index in [2.05, 4.69) is 30.8 Å². The van der Waals surface area contributed by atoms with Crippen LogP contribution in [-0.2, 0) is 4.74 Å². The number of nitrogens with zero attached hydrogens (tertiary/aromatic N) is 2. The molecular weight excluding hydrogens is 164 g/mol. The molecule has 0 amide bonds. The van der Waals surface area contributed by atoms with Gasteiger partial charge in [-0.25, -0.2) is 0 Å². The van der Waals surface area contributed by atoms with Crippen LogP contribution in [0, 0.1) is 0 Å². The van der Waals surface area contributed by atoms with Gasteiger partial charge in [0.05, 0.1) is 19.4 Å². The van der Waals surface area contributed by atoms with E-state index in [4.69, 9.17) is 4.74 Å². The fraction of sp³-hybridized carbons (Fsp3) is 1.00. The summed E-state index contributed by atoms with van der Waals surface area (Å²) in [5.74, 6) is 0. The van der Waals surface area contributed by atoms with Gasteiger partial charge >= 0.3 is 0 Å². The Hall–Kier alpha value is -0.120. The average molecular weight is 186 g/mol. The minimum Gasteiger partial charge on any atom is -0.379 e. The number of ether oxygens (including phenoxy) is 1. The second-order valence-electron chi connectivity index (χ2n) is 3.88. The van der Waals surface area contributed by atoms with Gasteiger partial charge in [-0.15, -0.1) is 0 Å². The Morgan fingerprint density at radius 2 is 1.92 bits per heavy atom. The van der Waals surface area contributed by atoms with Crippen LogP contribution < -0.4 is 0 Å². The maximum Gasteiger partial charge on any atom is 0.0618 e. The summed E-state index contributed by atoms with van der Waals surface area (Å²) in [4.78, 5) is 4.84. The third-order valence-electron chi connectivity index (χ3n) is 2.61. The Kier molecular flexibility index (Phi) is 4.70. The normalized spacial score (nSPS) is 22.2. The first-order valence-corrected chi connectivity index (χ1v) is 5.24. The molecule has 1 aliphatic rings. The van der Waals surface area contributed by atoms with Gasteiger partial charge < -0.3 is 4.74 Å². The fourth-order valence-electron chi connectivity index (χ4n) is 1.90. The molecule has 3 nitrogen and oxygen atoms in total. The molecule has 0 saturated carbocycles. The first-order chi connectivity index (χ1) is 6.25. The van der Waals surface area contributed by atoms with Crippen LogP contribution in [-0.4, -0.2) is 56.4 Å². The van der Waals surface area contributed by atoms with Crippen LogP contribution in [0.4, 0.5) is 0 Å². The van der Waals surface area contributed by atoms with Crippen LogP contribution >= 0.6 is 0 Å². The SMILES string of the molecule is CCCC(N(C)C)N1CCOCC1. The van der Waals surface area contributed by atoms with Crippen molar-refractivity contribution < 1.29 is 4.74 Å². The van der Waals surface area contributed by atoms with Gasteiger partial charge in [0.15, 0.2) is 0 Å². The quantitative estimate of drug-likeness (QED) is 0.651. The van der Waals surface area contributed by atoms with Crippen molar-refractivity contribution >= 4 is 0 Å². The van der Waals surface area contributed by atoms with Gasteiger partial charge in [0.2, 0.25) is 0 Å². The van der Waals surface area contributed by atoms with Crippen molar-refractivity contribution in [3.05, 3.63) is 0 Å². The zero-order chi connectivity index (χ0) is 9.68. The Morgan fingerprint density at radius 3 is 2.38 bits per heavy atom. The van der Waals surface area contributed by atoms with Gasteiger partial charge in [-0.05, 0) is 20.5 Å². The van der Waals surface area contributed by atoms with E-state index in [0.717, 1.165) is 26.3 Å². The summed E-state index contributed by atoms with van der Waals surface area (Å²) in [5, 5.41) is 0. The predicted molar refractivity (Wildman–Crippen MR) is 54.8 cm³/mol. The van der Waals surface area contributed by atoms with Crippen molar-refractivity contribution in [2.24, 2.45) is 0 Å². The van der Waals surface area contributed by atoms with E-state index >= 15 is 0 Å². The van der Waals surface area contributed by atoms with Crippen LogP contribution in [0.1, 0.15) is 19.8 Å². The van der Waals surface area contributed by atoms with Gasteiger partial charge in [0.25, 0.3) is 0 Å². The number of hydrogen-bond donors (Lipinski definition) is 0. The van der Waals surface area contributed by atoms with E-state index < -0.39 is 0 Å². The lowest BCUT2D eigenvalue weighted by atomic mass is 10.2. The number of rotatable bonds is 4. The molecule has 1 rings (SSSR count). The molecule has 0 aromatic carbocycles. The molecular formula is C10H22N2O. The summed E-state index contributed by atoms with van der Waals surface area (Å²) < 4.78 is 5.35. The van der Waals surface area contributed by atoms with E-state index in [0.29, 0.717) is 6.17 Å². The maximum absolute atomic E-state index is 5.35. The third kappa shape index (κ3) is 3.25. The van der Waals surface area contributed by atoms with Gasteiger partial charge in [-0.1, -0.05) is 13.3 Å². The summed E-state index contributed by atoms with van der Waals surface area (Å²) in [6.45, 7) is 6.21. The Balaban J connectivity index is 2.41. The molecule has 0 spiro atoms. The lowest BCUT2D eigenvalue weighted by molar-refractivity contribution is -0.0223. The zero-order valence-corrected chi connectivity index (χ0v) is 9.12. The highest BCUT2D eigenvalue weighted by Gasteiger charge is 2.21. The molecule has 0 aromatic heterocycles. The van der Waals surface area contributed by atoms with Crippen LogP contribution in [0.2, 0.25) is 0 Å². The Bertz CT molecular complexity index is 133. The average Bonchev–Trinajstić information content (AvgIpc) is 2.15. The van der Waals surface area contributed by atoms with Crippen molar-refractivity contribution in [1.82, 2.24) is 9.80 Å². The van der Waals surface area contributed by atoms with Crippen LogP contribution in [0.15, 0.2) is 0 Å². The minimum atomic E-state index is 0.605. The van der Waals surface area contributed by atoms with E-state index in [9.17, 15) is 0 Å². The molecule has 78 valence electrons. The van der Waals surface area contributed by atoms with Gasteiger partial charge in [-0.3, -0.25) is 9.80 Å². The van der Waals surface area contributed by atoms with Crippen molar-refractivity contribution in [3.63, 3.8) is 0 Å². The molecule has 1 saturated heterocycles. The first-order valence-electron chi connectivity index (χ1n) is 5.24. The lowest BCUT2D eigenvalue weighted by Gasteiger charge is -2.38. The zero-order valence-electron chi connectivity index (χ0n) is 9.12. The Labute approximate surface area is 81.7 Å². The van der Waals surface area contributed by atoms with Crippen LogP contribution in [0.5, 0.6) is 0 Å². The molecule has 0 aromatic rings. The monoisotopic (exact) mass is 186 g/mol. The van der Waals surface area contributed by atoms with Crippen molar-refractivity contribution in [3.8, 4) is 0 Å². The summed E-state index contributed by atoms with van der Waals surface area (Å²) in [6, 6.07) is 0. The second kappa shape index (κ2) is 5.58. The van der Waals surface area contributed by atoms with Gasteiger partial charge in [-0.2, -0.15) is 0 Å². The summed E-state index contributed by atoms with van der Waals surface area (Å²) >= 11 is 0. The van der Waals surface area contributed by atoms with E-state index in [1.807, 2.05) is 0 Å². The highest BCUT2D eigenvalue weighted by molar-refractivity contribution is 4.71. The second-order valence-corrected chi connectivity index (χ2v) is 3.88. The Morgan fingerprint density at radius 1 is 1.31 bits per heavy atom. The molecule has 0 aliphatic carbocycles. The third-order valence-corrected chi connectivity index (χ3v) is 2.61. The van der Waals surface area contributed by atoms with Crippen molar-refractivity contribution in [2.75, 3.05) is 40.4 Å². The molecule has 1 atom stereocenters. The summed E-state index contributed by atoms with van der Waals surface area (Å²) in [5.41, 5.74) is 0. The van der Waals surface area contributed by atoms with Crippen molar-refractivity contribution in [1.29, 1.82) is 0 Å². The lowest BCUT2D eigenvalue weighted by Crippen LogP contribution is -2.49. The first kappa shape index (κ1) is 11.0. The molecule has 0 bridgehead atoms. The molecule has 1 heterocycles. The molecule has 3 heteroatoms. The standard InChI is InChI=1S/C10H22N2O/c1-4-5-10(11(2)3)12-6-8-13-9-7-12/h10H,4-9H2,1-3H3. The largest absolute Gasteiger partial charge is 0.379 e. The smallest absolute Gasteiger partial charge is 0.0618 e. The van der Waals surface area contributed by atoms with Gasteiger partial charge in [0, 0.05) is 13.1 Å². The maximum atomic E-state index is 5.35. The predicted octanol–water partition coefficient (Wildman–Crippen LogP) is 1.01. The minimum absolute atomic E-state index is 0.605. The highest BCUT2D eigenvalue weighted by Crippen LogP contribution is 2.11. The number of hydrogen-bond acceptors (Lipinski definition) is 3. The van der Waals surface area contributed by atoms with Crippen LogP contribution in [0.25, 0.3) is 0 Å². The molecule has 13 heavy (non-hydrogen) atoms. The van der Waals surface area contributed by atoms with E-state index in [-0.39, 0.29) is 0 Å². The van der Waals surface area contributed by atoms with Crippen LogP contribution in [0.3, 0.4) is 0 Å².